The number of aromatic nitrogens is 2. The number of sulfone groups is 1. The number of hydrogen-bond donors (Lipinski definition) is 3. The van der Waals surface area contributed by atoms with Gasteiger partial charge in [0.2, 0.25) is 0 Å². The number of nitrogens with zero attached hydrogens (tertiary/aromatic N) is 4. The predicted molar refractivity (Wildman–Crippen MR) is 126 cm³/mol. The number of alkyl halides is 3. The summed E-state index contributed by atoms with van der Waals surface area (Å²) in [5.74, 6) is -2.64. The summed E-state index contributed by atoms with van der Waals surface area (Å²) in [6.07, 6.45) is -1.95. The molecule has 14 heteroatoms. The van der Waals surface area contributed by atoms with Crippen LogP contribution >= 0.6 is 0 Å². The minimum Gasteiger partial charge on any atom is -0.392 e. The maximum absolute atomic E-state index is 13.6. The van der Waals surface area contributed by atoms with Crippen LogP contribution in [0.1, 0.15) is 31.3 Å². The van der Waals surface area contributed by atoms with E-state index < -0.39 is 46.1 Å². The van der Waals surface area contributed by atoms with Gasteiger partial charge in [0.25, 0.3) is 11.7 Å². The molecule has 0 radical (unpaired) electrons. The lowest BCUT2D eigenvalue weighted by molar-refractivity contribution is -0.144. The van der Waals surface area contributed by atoms with Crippen LogP contribution in [-0.2, 0) is 27.8 Å². The first-order valence-corrected chi connectivity index (χ1v) is 13.1. The lowest BCUT2D eigenvalue weighted by Crippen LogP contribution is -2.69. The van der Waals surface area contributed by atoms with Gasteiger partial charge >= 0.3 is 6.18 Å². The first-order valence-electron chi connectivity index (χ1n) is 11.2. The molecule has 1 aromatic carbocycles. The fourth-order valence-corrected chi connectivity index (χ4v) is 5.79. The molecule has 36 heavy (non-hydrogen) atoms. The van der Waals surface area contributed by atoms with Crippen molar-refractivity contribution in [3.8, 4) is 0 Å². The van der Waals surface area contributed by atoms with Crippen molar-refractivity contribution in [3.05, 3.63) is 35.3 Å². The van der Waals surface area contributed by atoms with E-state index in [-0.39, 0.29) is 29.5 Å². The van der Waals surface area contributed by atoms with E-state index in [2.05, 4.69) is 20.6 Å². The molecule has 2 aromatic rings. The zero-order valence-electron chi connectivity index (χ0n) is 20.1. The van der Waals surface area contributed by atoms with Crippen molar-refractivity contribution in [2.75, 3.05) is 19.8 Å². The number of benzene rings is 1. The van der Waals surface area contributed by atoms with Gasteiger partial charge in [-0.15, -0.1) is 0 Å². The zero-order chi connectivity index (χ0) is 26.6. The Hall–Kier alpha value is -2.97. The fourth-order valence-electron chi connectivity index (χ4n) is 4.86. The van der Waals surface area contributed by atoms with Crippen molar-refractivity contribution in [1.29, 1.82) is 0 Å². The van der Waals surface area contributed by atoms with E-state index >= 15 is 0 Å². The number of aliphatic hydroxyl groups excluding tert-OH is 1. The topological polar surface area (TPSA) is 129 Å². The smallest absolute Gasteiger partial charge is 0.392 e. The van der Waals surface area contributed by atoms with Crippen molar-refractivity contribution < 1.29 is 31.5 Å². The predicted octanol–water partition coefficient (Wildman–Crippen LogP) is 1.46. The number of likely N-dealkylation sites (N-methyl/N-ethyl adjacent to an activating group) is 1. The second kappa shape index (κ2) is 8.85. The Morgan fingerprint density at radius 1 is 1.33 bits per heavy atom. The molecule has 2 atom stereocenters. The Balaban J connectivity index is 1.90. The SMILES string of the molecule is CNC(=O)[C@@]1(N2CCn3c(nc4cc(CO)c(S(C)(=O)=O)cc43)C2C(C)C)N=CC=C(C(F)(F)F)N1. The minimum absolute atomic E-state index is 0.0240. The number of allylic oxidation sites excluding steroid dienone is 2. The molecule has 0 aliphatic carbocycles. The van der Waals surface area contributed by atoms with Crippen molar-refractivity contribution in [2.24, 2.45) is 10.9 Å². The highest BCUT2D eigenvalue weighted by atomic mass is 32.2. The summed E-state index contributed by atoms with van der Waals surface area (Å²) in [7, 11) is -2.33. The third-order valence-corrected chi connectivity index (χ3v) is 7.58. The number of nitrogens with one attached hydrogen (secondary N) is 2. The van der Waals surface area contributed by atoms with Crippen LogP contribution in [0.3, 0.4) is 0 Å². The fraction of sp³-hybridized carbons (Fsp3) is 0.500. The van der Waals surface area contributed by atoms with Crippen molar-refractivity contribution in [2.45, 2.75) is 49.9 Å². The van der Waals surface area contributed by atoms with Crippen molar-refractivity contribution >= 4 is 33.0 Å². The standard InChI is InChI=1S/C22H27F3N6O4S/c1-12(2)18-19-28-14-9-13(11-32)16(36(4,34)35)10-15(14)30(19)7-8-31(18)22(20(33)26-3)27-6-5-17(29-22)21(23,24)25/h5-6,9-10,12,18,29,32H,7-8,11H2,1-4H3,(H,26,33)/t18?,22-/m1/s1. The van der Waals surface area contributed by atoms with Crippen molar-refractivity contribution in [3.63, 3.8) is 0 Å². The summed E-state index contributed by atoms with van der Waals surface area (Å²) in [5, 5.41) is 14.5. The molecule has 0 spiro atoms. The van der Waals surface area contributed by atoms with E-state index in [1.165, 1.54) is 19.2 Å². The van der Waals surface area contributed by atoms with Crippen LogP contribution in [0.4, 0.5) is 13.2 Å². The second-order valence-electron chi connectivity index (χ2n) is 9.12. The van der Waals surface area contributed by atoms with Crippen molar-refractivity contribution in [1.82, 2.24) is 25.1 Å². The van der Waals surface area contributed by atoms with Crippen LogP contribution in [0.5, 0.6) is 0 Å². The van der Waals surface area contributed by atoms with E-state index in [1.54, 1.807) is 9.47 Å². The summed E-state index contributed by atoms with van der Waals surface area (Å²) in [5.41, 5.74) is 0.0311. The molecule has 3 heterocycles. The molecule has 1 amide bonds. The molecule has 196 valence electrons. The van der Waals surface area contributed by atoms with E-state index in [9.17, 15) is 31.5 Å². The largest absolute Gasteiger partial charge is 0.431 e. The Labute approximate surface area is 205 Å². The van der Waals surface area contributed by atoms with Gasteiger partial charge in [0.1, 0.15) is 11.5 Å². The second-order valence-corrected chi connectivity index (χ2v) is 11.1. The summed E-state index contributed by atoms with van der Waals surface area (Å²) in [6.45, 7) is 3.50. The molecular weight excluding hydrogens is 501 g/mol. The number of hydrogen-bond acceptors (Lipinski definition) is 8. The minimum atomic E-state index is -4.73. The summed E-state index contributed by atoms with van der Waals surface area (Å²) >= 11 is 0. The average molecular weight is 529 g/mol. The van der Waals surface area contributed by atoms with Gasteiger partial charge in [0, 0.05) is 32.6 Å². The van der Waals surface area contributed by atoms with Gasteiger partial charge < -0.3 is 20.3 Å². The molecule has 1 unspecified atom stereocenters. The number of fused-ring (bicyclic) bond motifs is 3. The van der Waals surface area contributed by atoms with Crippen LogP contribution in [0.2, 0.25) is 0 Å². The molecule has 0 fully saturated rings. The number of halogens is 3. The van der Waals surface area contributed by atoms with Crippen LogP contribution in [0.25, 0.3) is 11.0 Å². The number of rotatable bonds is 5. The highest BCUT2D eigenvalue weighted by Gasteiger charge is 2.54. The average Bonchev–Trinajstić information content (AvgIpc) is 3.18. The van der Waals surface area contributed by atoms with Gasteiger partial charge in [-0.25, -0.2) is 23.3 Å². The van der Waals surface area contributed by atoms with E-state index in [4.69, 9.17) is 0 Å². The number of imidazole rings is 1. The number of amides is 1. The van der Waals surface area contributed by atoms with Crippen LogP contribution < -0.4 is 10.6 Å². The first-order chi connectivity index (χ1) is 16.7. The number of carbonyl (C=O) groups is 1. The van der Waals surface area contributed by atoms with Gasteiger partial charge in [0.15, 0.2) is 9.84 Å². The maximum atomic E-state index is 13.6. The summed E-state index contributed by atoms with van der Waals surface area (Å²) < 4.78 is 67.3. The van der Waals surface area contributed by atoms with Gasteiger partial charge in [-0.2, -0.15) is 13.2 Å². The Kier molecular flexibility index (Phi) is 6.42. The number of aliphatic hydroxyl groups is 1. The third kappa shape index (κ3) is 4.16. The summed E-state index contributed by atoms with van der Waals surface area (Å²) in [6, 6.07) is 2.28. The number of carbonyl (C=O) groups excluding carboxylic acids is 1. The Morgan fingerprint density at radius 3 is 2.58 bits per heavy atom. The molecule has 10 nitrogen and oxygen atoms in total. The molecular formula is C22H27F3N6O4S. The maximum Gasteiger partial charge on any atom is 0.431 e. The monoisotopic (exact) mass is 528 g/mol. The Bertz CT molecular complexity index is 1380. The molecule has 2 aliphatic rings. The van der Waals surface area contributed by atoms with E-state index in [1.807, 2.05) is 13.8 Å². The Morgan fingerprint density at radius 2 is 2.03 bits per heavy atom. The molecule has 2 aliphatic heterocycles. The van der Waals surface area contributed by atoms with Crippen LogP contribution in [0, 0.1) is 5.92 Å². The van der Waals surface area contributed by atoms with E-state index in [0.717, 1.165) is 18.5 Å². The summed E-state index contributed by atoms with van der Waals surface area (Å²) in [4.78, 5) is 23.5. The van der Waals surface area contributed by atoms with Crippen LogP contribution in [0.15, 0.2) is 33.8 Å². The molecule has 1 aromatic heterocycles. The highest BCUT2D eigenvalue weighted by molar-refractivity contribution is 7.90. The quantitative estimate of drug-likeness (QED) is 0.536. The third-order valence-electron chi connectivity index (χ3n) is 6.40. The van der Waals surface area contributed by atoms with Gasteiger partial charge in [0.05, 0.1) is 28.6 Å². The van der Waals surface area contributed by atoms with Gasteiger partial charge in [-0.3, -0.25) is 4.79 Å². The zero-order valence-corrected chi connectivity index (χ0v) is 20.9. The molecule has 4 rings (SSSR count). The van der Waals surface area contributed by atoms with Crippen LogP contribution in [-0.4, -0.2) is 71.9 Å². The van der Waals surface area contributed by atoms with Gasteiger partial charge in [-0.1, -0.05) is 13.8 Å². The number of aliphatic imine (C=N–C) groups is 1. The molecule has 0 saturated heterocycles. The van der Waals surface area contributed by atoms with Gasteiger partial charge in [-0.05, 0) is 29.7 Å². The molecule has 0 bridgehead atoms. The molecule has 0 saturated carbocycles. The molecule has 3 N–H and O–H groups in total. The highest BCUT2D eigenvalue weighted by Crippen LogP contribution is 2.41. The first kappa shape index (κ1) is 26.1. The normalized spacial score (nSPS) is 22.9. The van der Waals surface area contributed by atoms with E-state index in [0.29, 0.717) is 16.9 Å². The lowest BCUT2D eigenvalue weighted by Gasteiger charge is -2.48. The lowest BCUT2D eigenvalue weighted by atomic mass is 9.97.